The quantitative estimate of drug-likeness (QED) is 0.518. The van der Waals surface area contributed by atoms with Crippen LogP contribution < -0.4 is 5.32 Å². The number of amides is 2. The number of carboxylic acid groups (broad SMARTS) is 1. The molecule has 7 nitrogen and oxygen atoms in total. The number of benzene rings is 2. The molecule has 4 rings (SSSR count). The molecule has 2 aliphatic rings. The average Bonchev–Trinajstić information content (AvgIpc) is 3.62. The normalized spacial score (nSPS) is 16.2. The molecule has 0 bridgehead atoms. The monoisotopic (exact) mass is 478 g/mol. The average molecular weight is 479 g/mol. The van der Waals surface area contributed by atoms with Crippen molar-refractivity contribution in [3.05, 3.63) is 59.7 Å². The maximum absolute atomic E-state index is 13.0. The first kappa shape index (κ1) is 24.8. The predicted molar refractivity (Wildman–Crippen MR) is 133 cm³/mol. The van der Waals surface area contributed by atoms with Crippen molar-refractivity contribution in [2.24, 2.45) is 11.8 Å². The summed E-state index contributed by atoms with van der Waals surface area (Å²) in [7, 11) is 0. The van der Waals surface area contributed by atoms with Gasteiger partial charge in [-0.2, -0.15) is 0 Å². The van der Waals surface area contributed by atoms with Gasteiger partial charge in [0.15, 0.2) is 0 Å². The molecule has 186 valence electrons. The van der Waals surface area contributed by atoms with Gasteiger partial charge in [0, 0.05) is 24.9 Å². The maximum atomic E-state index is 13.0. The fourth-order valence-electron chi connectivity index (χ4n) is 4.94. The fourth-order valence-corrected chi connectivity index (χ4v) is 4.94. The van der Waals surface area contributed by atoms with E-state index in [4.69, 9.17) is 4.74 Å². The largest absolute Gasteiger partial charge is 0.480 e. The highest BCUT2D eigenvalue weighted by Gasteiger charge is 2.39. The number of fused-ring (bicyclic) bond motifs is 3. The van der Waals surface area contributed by atoms with Gasteiger partial charge >= 0.3 is 12.1 Å². The van der Waals surface area contributed by atoms with E-state index in [-0.39, 0.29) is 42.7 Å². The smallest absolute Gasteiger partial charge is 0.407 e. The fraction of sp³-hybridized carbons (Fsp3) is 0.464. The van der Waals surface area contributed by atoms with E-state index in [1.807, 2.05) is 38.1 Å². The molecule has 2 unspecified atom stereocenters. The highest BCUT2D eigenvalue weighted by molar-refractivity contribution is 5.84. The highest BCUT2D eigenvalue weighted by atomic mass is 16.5. The summed E-state index contributed by atoms with van der Waals surface area (Å²) in [5.41, 5.74) is 4.65. The maximum Gasteiger partial charge on any atom is 0.407 e. The van der Waals surface area contributed by atoms with Crippen LogP contribution in [0.4, 0.5) is 4.79 Å². The minimum atomic E-state index is -0.997. The lowest BCUT2D eigenvalue weighted by atomic mass is 9.91. The molecule has 0 aromatic heterocycles. The number of hydrogen-bond donors (Lipinski definition) is 2. The standard InChI is InChI=1S/C28H34N2O5/c1-17(2)19(14-26(31)30(20-12-13-20)18(3)27(32)33)15-29-28(34)35-16-25-23-10-6-4-8-21(23)22-9-5-7-11-24(22)25/h4-11,17-20,25H,12-16H2,1-3H3,(H,29,34)(H,32,33). The molecule has 2 amide bonds. The van der Waals surface area contributed by atoms with Crippen LogP contribution >= 0.6 is 0 Å². The minimum Gasteiger partial charge on any atom is -0.480 e. The Balaban J connectivity index is 1.33. The van der Waals surface area contributed by atoms with Gasteiger partial charge in [-0.25, -0.2) is 9.59 Å². The molecule has 35 heavy (non-hydrogen) atoms. The van der Waals surface area contributed by atoms with Crippen molar-refractivity contribution in [3.63, 3.8) is 0 Å². The highest BCUT2D eigenvalue weighted by Crippen LogP contribution is 2.44. The number of rotatable bonds is 10. The molecule has 0 aliphatic heterocycles. The number of aliphatic carboxylic acids is 1. The lowest BCUT2D eigenvalue weighted by molar-refractivity contribution is -0.150. The molecule has 0 saturated heterocycles. The van der Waals surface area contributed by atoms with Crippen LogP contribution in [0.5, 0.6) is 0 Å². The second-order valence-electron chi connectivity index (χ2n) is 9.96. The van der Waals surface area contributed by atoms with Crippen molar-refractivity contribution in [1.29, 1.82) is 0 Å². The van der Waals surface area contributed by atoms with E-state index in [9.17, 15) is 19.5 Å². The molecule has 2 aromatic carbocycles. The van der Waals surface area contributed by atoms with E-state index < -0.39 is 18.1 Å². The molecule has 0 spiro atoms. The molecular formula is C28H34N2O5. The number of carboxylic acids is 1. The number of nitrogens with zero attached hydrogens (tertiary/aromatic N) is 1. The van der Waals surface area contributed by atoms with E-state index >= 15 is 0 Å². The van der Waals surface area contributed by atoms with Crippen LogP contribution in [-0.4, -0.2) is 53.2 Å². The summed E-state index contributed by atoms with van der Waals surface area (Å²) >= 11 is 0. The molecule has 2 N–H and O–H groups in total. The summed E-state index contributed by atoms with van der Waals surface area (Å²) in [6.45, 7) is 6.08. The van der Waals surface area contributed by atoms with Crippen LogP contribution in [0.25, 0.3) is 11.1 Å². The van der Waals surface area contributed by atoms with E-state index in [0.29, 0.717) is 6.54 Å². The number of alkyl carbamates (subject to hydrolysis) is 1. The zero-order valence-corrected chi connectivity index (χ0v) is 20.6. The molecular weight excluding hydrogens is 444 g/mol. The minimum absolute atomic E-state index is 0.0107. The van der Waals surface area contributed by atoms with E-state index in [0.717, 1.165) is 24.0 Å². The van der Waals surface area contributed by atoms with E-state index in [1.54, 1.807) is 6.92 Å². The third kappa shape index (κ3) is 5.50. The van der Waals surface area contributed by atoms with Crippen LogP contribution in [-0.2, 0) is 14.3 Å². The van der Waals surface area contributed by atoms with Crippen LogP contribution in [0, 0.1) is 11.8 Å². The first-order valence-electron chi connectivity index (χ1n) is 12.4. The Morgan fingerprint density at radius 3 is 2.09 bits per heavy atom. The van der Waals surface area contributed by atoms with Crippen LogP contribution in [0.3, 0.4) is 0 Å². The van der Waals surface area contributed by atoms with Gasteiger partial charge in [0.25, 0.3) is 0 Å². The third-order valence-corrected chi connectivity index (χ3v) is 7.23. The SMILES string of the molecule is CC(C)C(CNC(=O)OCC1c2ccccc2-c2ccccc21)CC(=O)N(C1CC1)C(C)C(=O)O. The van der Waals surface area contributed by atoms with E-state index in [1.165, 1.54) is 16.0 Å². The number of carbonyl (C=O) groups excluding carboxylic acids is 2. The Morgan fingerprint density at radius 1 is 1.00 bits per heavy atom. The van der Waals surface area contributed by atoms with Gasteiger partial charge in [-0.3, -0.25) is 4.79 Å². The van der Waals surface area contributed by atoms with Gasteiger partial charge in [0.1, 0.15) is 12.6 Å². The Kier molecular flexibility index (Phi) is 7.43. The van der Waals surface area contributed by atoms with Crippen molar-refractivity contribution in [2.45, 2.75) is 58.0 Å². The number of carbonyl (C=O) groups is 3. The Hall–Kier alpha value is -3.35. The first-order valence-corrected chi connectivity index (χ1v) is 12.4. The van der Waals surface area contributed by atoms with E-state index in [2.05, 4.69) is 29.6 Å². The van der Waals surface area contributed by atoms with Crippen LogP contribution in [0.15, 0.2) is 48.5 Å². The molecule has 0 heterocycles. The lowest BCUT2D eigenvalue weighted by Crippen LogP contribution is -2.46. The first-order chi connectivity index (χ1) is 16.8. The summed E-state index contributed by atoms with van der Waals surface area (Å²) in [4.78, 5) is 38.5. The lowest BCUT2D eigenvalue weighted by Gasteiger charge is -2.29. The van der Waals surface area contributed by atoms with Gasteiger partial charge in [-0.05, 0) is 53.9 Å². The molecule has 0 radical (unpaired) electrons. The molecule has 7 heteroatoms. The summed E-state index contributed by atoms with van der Waals surface area (Å²) in [6, 6.07) is 15.5. The van der Waals surface area contributed by atoms with Crippen molar-refractivity contribution < 1.29 is 24.2 Å². The summed E-state index contributed by atoms with van der Waals surface area (Å²) in [5, 5.41) is 12.2. The second kappa shape index (κ2) is 10.5. The molecule has 2 aliphatic carbocycles. The van der Waals surface area contributed by atoms with Crippen molar-refractivity contribution >= 4 is 18.0 Å². The number of ether oxygens (including phenoxy) is 1. The number of hydrogen-bond acceptors (Lipinski definition) is 4. The summed E-state index contributed by atoms with van der Waals surface area (Å²) < 4.78 is 5.62. The molecule has 2 aromatic rings. The zero-order valence-electron chi connectivity index (χ0n) is 20.6. The Morgan fingerprint density at radius 2 is 1.57 bits per heavy atom. The Labute approximate surface area is 206 Å². The molecule has 1 fully saturated rings. The topological polar surface area (TPSA) is 95.9 Å². The van der Waals surface area contributed by atoms with Crippen LogP contribution in [0.2, 0.25) is 0 Å². The summed E-state index contributed by atoms with van der Waals surface area (Å²) in [5.74, 6) is -1.17. The van der Waals surface area contributed by atoms with Crippen molar-refractivity contribution in [2.75, 3.05) is 13.2 Å². The summed E-state index contributed by atoms with van der Waals surface area (Å²) in [6.07, 6.45) is 1.36. The molecule has 2 atom stereocenters. The Bertz CT molecular complexity index is 1050. The zero-order chi connectivity index (χ0) is 25.1. The van der Waals surface area contributed by atoms with Gasteiger partial charge < -0.3 is 20.1 Å². The molecule has 1 saturated carbocycles. The second-order valence-corrected chi connectivity index (χ2v) is 9.96. The number of nitrogens with one attached hydrogen (secondary N) is 1. The van der Waals surface area contributed by atoms with Crippen molar-refractivity contribution in [1.82, 2.24) is 10.2 Å². The van der Waals surface area contributed by atoms with Gasteiger partial charge in [0.05, 0.1) is 0 Å². The van der Waals surface area contributed by atoms with Gasteiger partial charge in [-0.1, -0.05) is 62.4 Å². The predicted octanol–water partition coefficient (Wildman–Crippen LogP) is 4.65. The van der Waals surface area contributed by atoms with Crippen LogP contribution in [0.1, 0.15) is 57.1 Å². The van der Waals surface area contributed by atoms with Gasteiger partial charge in [-0.15, -0.1) is 0 Å². The third-order valence-electron chi connectivity index (χ3n) is 7.23. The van der Waals surface area contributed by atoms with Gasteiger partial charge in [0.2, 0.25) is 5.91 Å². The van der Waals surface area contributed by atoms with Crippen molar-refractivity contribution in [3.8, 4) is 11.1 Å².